The molecule has 1 aromatic carbocycles. The van der Waals surface area contributed by atoms with E-state index in [4.69, 9.17) is 37.9 Å². The van der Waals surface area contributed by atoms with Gasteiger partial charge in [-0.15, -0.1) is 0 Å². The van der Waals surface area contributed by atoms with Crippen LogP contribution in [0.15, 0.2) is 30.6 Å². The largest absolute Gasteiger partial charge is 0.462 e. The lowest BCUT2D eigenvalue weighted by atomic mass is 10.0. The van der Waals surface area contributed by atoms with Crippen molar-refractivity contribution in [3.05, 3.63) is 40.6 Å². The number of fused-ring (bicyclic) bond motifs is 3. The van der Waals surface area contributed by atoms with E-state index in [0.29, 0.717) is 40.8 Å². The van der Waals surface area contributed by atoms with Crippen LogP contribution in [-0.2, 0) is 0 Å². The normalized spacial score (nSPS) is 24.8. The quantitative estimate of drug-likeness (QED) is 0.558. The number of hydrogen-bond donors (Lipinski definition) is 1. The highest BCUT2D eigenvalue weighted by atomic mass is 35.5. The molecule has 0 spiro atoms. The Kier molecular flexibility index (Phi) is 5.97. The average molecular weight is 499 g/mol. The number of anilines is 1. The summed E-state index contributed by atoms with van der Waals surface area (Å²) in [5.74, 6) is 0.944. The molecule has 5 heterocycles. The van der Waals surface area contributed by atoms with Crippen LogP contribution in [0.25, 0.3) is 22.0 Å². The fourth-order valence-electron chi connectivity index (χ4n) is 5.52. The van der Waals surface area contributed by atoms with Gasteiger partial charge in [0.2, 0.25) is 0 Å². The third-order valence-electron chi connectivity index (χ3n) is 7.40. The summed E-state index contributed by atoms with van der Waals surface area (Å²) in [5, 5.41) is 5.65. The lowest BCUT2D eigenvalue weighted by Crippen LogP contribution is -2.51. The number of rotatable bonds is 5. The van der Waals surface area contributed by atoms with Gasteiger partial charge in [-0.1, -0.05) is 29.3 Å². The molecule has 0 aliphatic carbocycles. The summed E-state index contributed by atoms with van der Waals surface area (Å²) in [6, 6.07) is 8.01. The number of hydrogen-bond acceptors (Lipinski definition) is 7. The Balaban J connectivity index is 1.40. The predicted molar refractivity (Wildman–Crippen MR) is 136 cm³/mol. The lowest BCUT2D eigenvalue weighted by molar-refractivity contribution is 0.188. The van der Waals surface area contributed by atoms with Crippen molar-refractivity contribution in [3.8, 4) is 17.1 Å². The molecule has 0 unspecified atom stereocenters. The molecule has 0 radical (unpaired) electrons. The fraction of sp³-hybridized carbons (Fsp3) is 0.480. The lowest BCUT2D eigenvalue weighted by Gasteiger charge is -2.34. The number of benzene rings is 1. The van der Waals surface area contributed by atoms with Crippen molar-refractivity contribution in [2.24, 2.45) is 0 Å². The van der Waals surface area contributed by atoms with Crippen molar-refractivity contribution < 1.29 is 4.74 Å². The summed E-state index contributed by atoms with van der Waals surface area (Å²) < 4.78 is 6.19. The van der Waals surface area contributed by atoms with Crippen LogP contribution in [0.4, 0.5) is 5.82 Å². The van der Waals surface area contributed by atoms with Crippen LogP contribution in [0.3, 0.4) is 0 Å². The number of piperazine rings is 1. The Hall–Kier alpha value is -2.19. The number of pyridine rings is 1. The van der Waals surface area contributed by atoms with Crippen LogP contribution in [0.2, 0.25) is 10.0 Å². The number of likely N-dealkylation sites (N-methyl/N-ethyl adjacent to an activating group) is 1. The Morgan fingerprint density at radius 2 is 1.91 bits per heavy atom. The number of halogens is 2. The second-order valence-corrected chi connectivity index (χ2v) is 10.5. The predicted octanol–water partition coefficient (Wildman–Crippen LogP) is 4.41. The molecule has 7 nitrogen and oxygen atoms in total. The molecule has 3 atom stereocenters. The molecule has 2 bridgehead atoms. The zero-order valence-electron chi connectivity index (χ0n) is 19.2. The third kappa shape index (κ3) is 4.19. The maximum absolute atomic E-state index is 6.49. The summed E-state index contributed by atoms with van der Waals surface area (Å²) in [7, 11) is 2.15. The number of aromatic nitrogens is 3. The fourth-order valence-corrected chi connectivity index (χ4v) is 5.88. The van der Waals surface area contributed by atoms with Crippen molar-refractivity contribution in [3.63, 3.8) is 0 Å². The summed E-state index contributed by atoms with van der Waals surface area (Å²) in [6.07, 6.45) is 8.06. The second-order valence-electron chi connectivity index (χ2n) is 9.68. The monoisotopic (exact) mass is 498 g/mol. The van der Waals surface area contributed by atoms with Crippen molar-refractivity contribution in [2.75, 3.05) is 38.2 Å². The highest BCUT2D eigenvalue weighted by Gasteiger charge is 2.34. The van der Waals surface area contributed by atoms with Crippen LogP contribution < -0.4 is 15.0 Å². The maximum atomic E-state index is 6.49. The molecular weight excluding hydrogens is 471 g/mol. The van der Waals surface area contributed by atoms with E-state index in [1.807, 2.05) is 12.1 Å². The first-order valence-corrected chi connectivity index (χ1v) is 12.8. The summed E-state index contributed by atoms with van der Waals surface area (Å²) in [5.41, 5.74) is 2.53. The van der Waals surface area contributed by atoms with Crippen molar-refractivity contribution in [1.82, 2.24) is 25.2 Å². The van der Waals surface area contributed by atoms with E-state index in [9.17, 15) is 0 Å². The molecule has 3 aliphatic rings. The highest BCUT2D eigenvalue weighted by molar-refractivity contribution is 6.43. The Morgan fingerprint density at radius 1 is 1.09 bits per heavy atom. The van der Waals surface area contributed by atoms with Gasteiger partial charge < -0.3 is 19.9 Å². The Labute approximate surface area is 209 Å². The highest BCUT2D eigenvalue weighted by Crippen LogP contribution is 2.36. The zero-order valence-corrected chi connectivity index (χ0v) is 20.7. The standard InChI is InChI=1S/C25H28Cl2N6O/c1-32-8-2-3-18(32)14-34-25-30-22-9-15(20-10-28-11-21(26)23(20)27)4-7-19(22)24(31-25)33-12-16-5-6-17(13-33)29-16/h4,7,9-11,16-18,29H,2-3,5-6,8,12-14H2,1H3/t16-,17+,18-/m0/s1. The van der Waals surface area contributed by atoms with E-state index in [2.05, 4.69) is 33.2 Å². The first kappa shape index (κ1) is 22.3. The molecule has 3 fully saturated rings. The average Bonchev–Trinajstić information content (AvgIpc) is 3.41. The van der Waals surface area contributed by atoms with E-state index in [0.717, 1.165) is 53.9 Å². The van der Waals surface area contributed by atoms with Crippen LogP contribution in [-0.4, -0.2) is 71.3 Å². The molecule has 2 aromatic heterocycles. The molecule has 6 rings (SSSR count). The number of likely N-dealkylation sites (tertiary alicyclic amines) is 1. The van der Waals surface area contributed by atoms with Crippen LogP contribution in [0.1, 0.15) is 25.7 Å². The SMILES string of the molecule is CN1CCC[C@H]1COc1nc(N2C[C@H]3CC[C@@H](C2)N3)c2ccc(-c3cncc(Cl)c3Cl)cc2n1. The van der Waals surface area contributed by atoms with Crippen LogP contribution in [0, 0.1) is 0 Å². The zero-order chi connectivity index (χ0) is 23.2. The van der Waals surface area contributed by atoms with Gasteiger partial charge in [-0.2, -0.15) is 9.97 Å². The molecule has 1 N–H and O–H groups in total. The van der Waals surface area contributed by atoms with Gasteiger partial charge >= 0.3 is 6.01 Å². The van der Waals surface area contributed by atoms with Crippen molar-refractivity contribution >= 4 is 39.9 Å². The van der Waals surface area contributed by atoms with Gasteiger partial charge in [0.1, 0.15) is 12.4 Å². The van der Waals surface area contributed by atoms with E-state index >= 15 is 0 Å². The maximum Gasteiger partial charge on any atom is 0.319 e. The number of ether oxygens (including phenoxy) is 1. The smallest absolute Gasteiger partial charge is 0.319 e. The molecule has 34 heavy (non-hydrogen) atoms. The van der Waals surface area contributed by atoms with Gasteiger partial charge in [0.25, 0.3) is 0 Å². The second kappa shape index (κ2) is 9.11. The number of nitrogens with zero attached hydrogens (tertiary/aromatic N) is 5. The molecule has 0 amide bonds. The van der Waals surface area contributed by atoms with Crippen molar-refractivity contribution in [1.29, 1.82) is 0 Å². The first-order valence-electron chi connectivity index (χ1n) is 12.0. The third-order valence-corrected chi connectivity index (χ3v) is 8.19. The molecule has 3 aliphatic heterocycles. The van der Waals surface area contributed by atoms with Gasteiger partial charge in [0.15, 0.2) is 0 Å². The van der Waals surface area contributed by atoms with Gasteiger partial charge in [0.05, 0.1) is 15.6 Å². The Morgan fingerprint density at radius 3 is 2.68 bits per heavy atom. The van der Waals surface area contributed by atoms with Crippen molar-refractivity contribution in [2.45, 2.75) is 43.8 Å². The van der Waals surface area contributed by atoms with Crippen LogP contribution >= 0.6 is 23.2 Å². The van der Waals surface area contributed by atoms with E-state index in [1.165, 1.54) is 19.3 Å². The molecule has 178 valence electrons. The molecule has 3 aromatic rings. The minimum atomic E-state index is 0.403. The topological polar surface area (TPSA) is 66.4 Å². The minimum absolute atomic E-state index is 0.403. The van der Waals surface area contributed by atoms with E-state index in [1.54, 1.807) is 12.4 Å². The van der Waals surface area contributed by atoms with E-state index in [-0.39, 0.29) is 0 Å². The summed E-state index contributed by atoms with van der Waals surface area (Å²) in [4.78, 5) is 18.7. The summed E-state index contributed by atoms with van der Waals surface area (Å²) >= 11 is 12.7. The van der Waals surface area contributed by atoms with Gasteiger partial charge in [-0.25, -0.2) is 0 Å². The van der Waals surface area contributed by atoms with Gasteiger partial charge in [0, 0.05) is 54.6 Å². The van der Waals surface area contributed by atoms with Gasteiger partial charge in [-0.3, -0.25) is 4.98 Å². The Bertz CT molecular complexity index is 1210. The summed E-state index contributed by atoms with van der Waals surface area (Å²) in [6.45, 7) is 3.59. The molecule has 9 heteroatoms. The van der Waals surface area contributed by atoms with Crippen LogP contribution in [0.5, 0.6) is 6.01 Å². The van der Waals surface area contributed by atoms with E-state index < -0.39 is 0 Å². The molecule has 0 saturated carbocycles. The number of nitrogens with one attached hydrogen (secondary N) is 1. The molecular formula is C25H28Cl2N6O. The van der Waals surface area contributed by atoms with Gasteiger partial charge in [-0.05, 0) is 57.0 Å². The first-order chi connectivity index (χ1) is 16.5. The minimum Gasteiger partial charge on any atom is -0.462 e. The molecule has 3 saturated heterocycles.